The van der Waals surface area contributed by atoms with Crippen molar-refractivity contribution in [1.29, 1.82) is 0 Å². The van der Waals surface area contributed by atoms with Crippen molar-refractivity contribution in [3.05, 3.63) is 36.0 Å². The SMILES string of the molecule is CCn1c(-c2nonc2N)nc2c(-c3cccc(O)c3)ncc(C(=O)N3CCC(N)C3)c21.O=C(O)C(F)(F)F. The zero-order chi connectivity index (χ0) is 28.5. The highest BCUT2D eigenvalue weighted by Crippen LogP contribution is 2.35. The molecule has 4 aromatic rings. The molecule has 39 heavy (non-hydrogen) atoms. The number of aliphatic carboxylic acids is 1. The average molecular weight is 548 g/mol. The first-order valence-corrected chi connectivity index (χ1v) is 11.5. The minimum absolute atomic E-state index is 0.0402. The highest BCUT2D eigenvalue weighted by Gasteiger charge is 2.38. The second kappa shape index (κ2) is 10.6. The minimum atomic E-state index is -5.08. The van der Waals surface area contributed by atoms with E-state index in [4.69, 9.17) is 31.0 Å². The van der Waals surface area contributed by atoms with Gasteiger partial charge >= 0.3 is 12.1 Å². The topological polar surface area (TPSA) is 200 Å². The number of aromatic nitrogens is 5. The number of carboxylic acids is 1. The number of carbonyl (C=O) groups is 2. The number of rotatable bonds is 4. The summed E-state index contributed by atoms with van der Waals surface area (Å²) in [4.78, 5) is 33.4. The van der Waals surface area contributed by atoms with Crippen LogP contribution in [0.15, 0.2) is 35.1 Å². The number of hydrogen-bond acceptors (Lipinski definition) is 10. The van der Waals surface area contributed by atoms with E-state index < -0.39 is 12.1 Å². The number of phenolic OH excluding ortho intramolecular Hbond substituents is 1. The van der Waals surface area contributed by atoms with Crippen molar-refractivity contribution in [3.8, 4) is 28.5 Å². The Morgan fingerprint density at radius 2 is 1.95 bits per heavy atom. The van der Waals surface area contributed by atoms with Gasteiger partial charge in [0, 0.05) is 37.4 Å². The predicted octanol–water partition coefficient (Wildman–Crippen LogP) is 2.26. The molecule has 1 fully saturated rings. The Labute approximate surface area is 217 Å². The lowest BCUT2D eigenvalue weighted by molar-refractivity contribution is -0.192. The number of imidazole rings is 1. The number of phenols is 1. The summed E-state index contributed by atoms with van der Waals surface area (Å²) in [7, 11) is 0. The van der Waals surface area contributed by atoms with Crippen molar-refractivity contribution >= 4 is 28.7 Å². The van der Waals surface area contributed by atoms with Gasteiger partial charge in [0.1, 0.15) is 11.3 Å². The van der Waals surface area contributed by atoms with Crippen LogP contribution in [0.5, 0.6) is 5.75 Å². The molecule has 6 N–H and O–H groups in total. The van der Waals surface area contributed by atoms with Crippen LogP contribution in [-0.4, -0.2) is 77.1 Å². The number of carboxylic acid groups (broad SMARTS) is 1. The maximum absolute atomic E-state index is 13.4. The fraction of sp³-hybridized carbons (Fsp3) is 0.304. The number of aromatic hydroxyl groups is 1. The molecule has 0 aliphatic carbocycles. The monoisotopic (exact) mass is 548 g/mol. The Balaban J connectivity index is 0.000000448. The number of anilines is 1. The molecule has 3 aromatic heterocycles. The number of aryl methyl sites for hydroxylation is 1. The Hall–Kier alpha value is -4.73. The fourth-order valence-corrected chi connectivity index (χ4v) is 4.14. The van der Waals surface area contributed by atoms with E-state index in [1.165, 1.54) is 0 Å². The van der Waals surface area contributed by atoms with Gasteiger partial charge < -0.3 is 31.1 Å². The molecule has 1 atom stereocenters. The normalized spacial score (nSPS) is 15.3. The molecule has 1 aliphatic heterocycles. The zero-order valence-electron chi connectivity index (χ0n) is 20.4. The smallest absolute Gasteiger partial charge is 0.490 e. The van der Waals surface area contributed by atoms with Crippen molar-refractivity contribution in [1.82, 2.24) is 29.7 Å². The van der Waals surface area contributed by atoms with Crippen LogP contribution in [0.2, 0.25) is 0 Å². The maximum atomic E-state index is 13.4. The summed E-state index contributed by atoms with van der Waals surface area (Å²) in [5.41, 5.74) is 14.9. The summed E-state index contributed by atoms with van der Waals surface area (Å²) in [5, 5.41) is 24.7. The second-order valence-corrected chi connectivity index (χ2v) is 8.55. The molecule has 1 aromatic carbocycles. The molecule has 206 valence electrons. The van der Waals surface area contributed by atoms with Gasteiger partial charge in [0.05, 0.1) is 16.8 Å². The van der Waals surface area contributed by atoms with Crippen LogP contribution in [0, 0.1) is 0 Å². The first-order valence-electron chi connectivity index (χ1n) is 11.5. The van der Waals surface area contributed by atoms with Crippen molar-refractivity contribution in [2.45, 2.75) is 32.1 Å². The van der Waals surface area contributed by atoms with E-state index in [9.17, 15) is 23.1 Å². The molecule has 0 bridgehead atoms. The lowest BCUT2D eigenvalue weighted by Crippen LogP contribution is -2.32. The van der Waals surface area contributed by atoms with E-state index in [1.54, 1.807) is 29.3 Å². The van der Waals surface area contributed by atoms with E-state index in [1.807, 2.05) is 17.6 Å². The van der Waals surface area contributed by atoms with Gasteiger partial charge in [-0.25, -0.2) is 14.4 Å². The lowest BCUT2D eigenvalue weighted by Gasteiger charge is -2.17. The molecule has 1 saturated heterocycles. The summed E-state index contributed by atoms with van der Waals surface area (Å²) < 4.78 is 38.4. The van der Waals surface area contributed by atoms with E-state index in [0.29, 0.717) is 53.3 Å². The Kier molecular flexibility index (Phi) is 7.40. The number of hydrogen-bond donors (Lipinski definition) is 4. The lowest BCUT2D eigenvalue weighted by atomic mass is 10.1. The van der Waals surface area contributed by atoms with Crippen LogP contribution in [0.3, 0.4) is 0 Å². The van der Waals surface area contributed by atoms with Gasteiger partial charge in [-0.05, 0) is 35.8 Å². The summed E-state index contributed by atoms with van der Waals surface area (Å²) in [5.74, 6) is -2.30. The number of carbonyl (C=O) groups excluding carboxylic acids is 1. The Bertz CT molecular complexity index is 1530. The van der Waals surface area contributed by atoms with Crippen molar-refractivity contribution < 1.29 is 37.6 Å². The molecule has 16 heteroatoms. The molecule has 0 radical (unpaired) electrons. The van der Waals surface area contributed by atoms with Crippen LogP contribution in [-0.2, 0) is 11.3 Å². The highest BCUT2D eigenvalue weighted by atomic mass is 19.4. The predicted molar refractivity (Wildman–Crippen MR) is 130 cm³/mol. The van der Waals surface area contributed by atoms with Gasteiger partial charge in [-0.1, -0.05) is 12.1 Å². The molecule has 4 heterocycles. The van der Waals surface area contributed by atoms with E-state index in [0.717, 1.165) is 6.42 Å². The van der Waals surface area contributed by atoms with Crippen molar-refractivity contribution in [2.75, 3.05) is 18.8 Å². The van der Waals surface area contributed by atoms with E-state index >= 15 is 0 Å². The van der Waals surface area contributed by atoms with Crippen molar-refractivity contribution in [3.63, 3.8) is 0 Å². The largest absolute Gasteiger partial charge is 0.508 e. The molecule has 1 aliphatic rings. The summed E-state index contributed by atoms with van der Waals surface area (Å²) in [6.07, 6.45) is -2.78. The summed E-state index contributed by atoms with van der Waals surface area (Å²) in [6.45, 7) is 3.50. The number of nitrogens with zero attached hydrogens (tertiary/aromatic N) is 6. The van der Waals surface area contributed by atoms with Crippen LogP contribution in [0.1, 0.15) is 23.7 Å². The third kappa shape index (κ3) is 5.45. The van der Waals surface area contributed by atoms with Gasteiger partial charge in [0.15, 0.2) is 17.3 Å². The number of likely N-dealkylation sites (tertiary alicyclic amines) is 1. The van der Waals surface area contributed by atoms with Crippen LogP contribution in [0.4, 0.5) is 19.0 Å². The molecule has 5 rings (SSSR count). The van der Waals surface area contributed by atoms with E-state index in [-0.39, 0.29) is 29.2 Å². The molecule has 13 nitrogen and oxygen atoms in total. The Morgan fingerprint density at radius 1 is 1.23 bits per heavy atom. The molecular formula is C23H23F3N8O5. The van der Waals surface area contributed by atoms with Gasteiger partial charge in [-0.2, -0.15) is 13.2 Å². The molecular weight excluding hydrogens is 525 g/mol. The Morgan fingerprint density at radius 3 is 2.49 bits per heavy atom. The van der Waals surface area contributed by atoms with Crippen molar-refractivity contribution in [2.24, 2.45) is 5.73 Å². The average Bonchev–Trinajstić information content (AvgIpc) is 3.60. The van der Waals surface area contributed by atoms with Gasteiger partial charge in [0.25, 0.3) is 5.91 Å². The van der Waals surface area contributed by atoms with E-state index in [2.05, 4.69) is 15.3 Å². The van der Waals surface area contributed by atoms with Crippen LogP contribution >= 0.6 is 0 Å². The number of nitrogen functional groups attached to an aromatic ring is 1. The van der Waals surface area contributed by atoms with Gasteiger partial charge in [-0.3, -0.25) is 9.78 Å². The number of pyridine rings is 1. The van der Waals surface area contributed by atoms with Crippen LogP contribution < -0.4 is 11.5 Å². The number of alkyl halides is 3. The number of amides is 1. The minimum Gasteiger partial charge on any atom is -0.508 e. The number of fused-ring (bicyclic) bond motifs is 1. The fourth-order valence-electron chi connectivity index (χ4n) is 4.14. The molecule has 0 spiro atoms. The number of benzene rings is 1. The standard InChI is InChI=1S/C21H22N8O3.C2HF3O2/c1-2-29-18-14(21(31)28-7-6-12(22)10-28)9-24-15(11-4-3-5-13(30)8-11)16(18)25-20(29)17-19(23)27-32-26-17;3-2(4,5)1(6)7/h3-5,8-9,12,30H,2,6-7,10,22H2,1H3,(H2,23,27);(H,6,7). The molecule has 1 amide bonds. The third-order valence-electron chi connectivity index (χ3n) is 5.92. The third-order valence-corrected chi connectivity index (χ3v) is 5.92. The quantitative estimate of drug-likeness (QED) is 0.292. The van der Waals surface area contributed by atoms with Gasteiger partial charge in [0.2, 0.25) is 0 Å². The zero-order valence-corrected chi connectivity index (χ0v) is 20.4. The number of nitrogens with two attached hydrogens (primary N) is 2. The molecule has 1 unspecified atom stereocenters. The first-order chi connectivity index (χ1) is 18.4. The second-order valence-electron chi connectivity index (χ2n) is 8.55. The summed E-state index contributed by atoms with van der Waals surface area (Å²) in [6, 6.07) is 6.67. The first kappa shape index (κ1) is 27.3. The highest BCUT2D eigenvalue weighted by molar-refractivity contribution is 6.08. The molecule has 0 saturated carbocycles. The maximum Gasteiger partial charge on any atom is 0.490 e. The van der Waals surface area contributed by atoms with Gasteiger partial charge in [-0.15, -0.1) is 0 Å². The van der Waals surface area contributed by atoms with Crippen LogP contribution in [0.25, 0.3) is 33.8 Å². The number of halogens is 3. The summed E-state index contributed by atoms with van der Waals surface area (Å²) >= 11 is 0.